The SMILES string of the molecule is O=C(NC1CCCCC1)[C@@H](c1cccs1)N(C(=O)C(F)(F)F)c1cccc(Cl)c1. The Balaban J connectivity index is 2.02. The van der Waals surface area contributed by atoms with E-state index in [9.17, 15) is 22.8 Å². The van der Waals surface area contributed by atoms with E-state index < -0.39 is 24.0 Å². The van der Waals surface area contributed by atoms with E-state index in [4.69, 9.17) is 11.6 Å². The normalized spacial score (nSPS) is 16.3. The average Bonchev–Trinajstić information content (AvgIpc) is 3.19. The van der Waals surface area contributed by atoms with Gasteiger partial charge in [-0.05, 0) is 42.5 Å². The summed E-state index contributed by atoms with van der Waals surface area (Å²) in [5, 5.41) is 4.68. The van der Waals surface area contributed by atoms with Crippen molar-refractivity contribution in [1.82, 2.24) is 5.32 Å². The van der Waals surface area contributed by atoms with Gasteiger partial charge in [0.15, 0.2) is 6.04 Å². The molecule has 1 atom stereocenters. The van der Waals surface area contributed by atoms with E-state index in [0.717, 1.165) is 43.4 Å². The number of alkyl halides is 3. The monoisotopic (exact) mass is 444 g/mol. The van der Waals surface area contributed by atoms with Crippen molar-refractivity contribution in [3.8, 4) is 0 Å². The summed E-state index contributed by atoms with van der Waals surface area (Å²) in [6, 6.07) is 7.16. The molecule has 4 nitrogen and oxygen atoms in total. The van der Waals surface area contributed by atoms with E-state index >= 15 is 0 Å². The second-order valence-electron chi connectivity index (χ2n) is 6.91. The molecule has 3 rings (SSSR count). The van der Waals surface area contributed by atoms with Gasteiger partial charge in [-0.3, -0.25) is 14.5 Å². The van der Waals surface area contributed by atoms with E-state index in [-0.39, 0.29) is 16.8 Å². The Morgan fingerprint density at radius 2 is 1.86 bits per heavy atom. The van der Waals surface area contributed by atoms with Gasteiger partial charge in [-0.25, -0.2) is 0 Å². The molecule has 9 heteroatoms. The van der Waals surface area contributed by atoms with Crippen LogP contribution >= 0.6 is 22.9 Å². The molecule has 1 aromatic carbocycles. The van der Waals surface area contributed by atoms with Gasteiger partial charge < -0.3 is 5.32 Å². The van der Waals surface area contributed by atoms with Crippen LogP contribution in [0.15, 0.2) is 41.8 Å². The van der Waals surface area contributed by atoms with Crippen molar-refractivity contribution in [2.75, 3.05) is 4.90 Å². The molecule has 1 aliphatic rings. The summed E-state index contributed by atoms with van der Waals surface area (Å²) < 4.78 is 40.4. The molecular formula is C20H20ClF3N2O2S. The van der Waals surface area contributed by atoms with Gasteiger partial charge in [0.25, 0.3) is 0 Å². The van der Waals surface area contributed by atoms with Crippen LogP contribution in [-0.2, 0) is 9.59 Å². The van der Waals surface area contributed by atoms with Gasteiger partial charge in [0.2, 0.25) is 5.91 Å². The predicted molar refractivity (Wildman–Crippen MR) is 107 cm³/mol. The van der Waals surface area contributed by atoms with Gasteiger partial charge in [-0.1, -0.05) is 43.0 Å². The number of rotatable bonds is 5. The Kier molecular flexibility index (Phi) is 6.85. The molecule has 1 aliphatic carbocycles. The number of thiophene rings is 1. The third-order valence-electron chi connectivity index (χ3n) is 4.82. The van der Waals surface area contributed by atoms with Crippen LogP contribution in [0.2, 0.25) is 5.02 Å². The Morgan fingerprint density at radius 3 is 2.45 bits per heavy atom. The molecule has 1 N–H and O–H groups in total. The highest BCUT2D eigenvalue weighted by atomic mass is 35.5. The summed E-state index contributed by atoms with van der Waals surface area (Å²) in [4.78, 5) is 26.4. The molecule has 1 fully saturated rings. The summed E-state index contributed by atoms with van der Waals surface area (Å²) in [5.41, 5.74) is -0.0861. The van der Waals surface area contributed by atoms with Crippen molar-refractivity contribution >= 4 is 40.4 Å². The van der Waals surface area contributed by atoms with Crippen molar-refractivity contribution in [2.45, 2.75) is 50.4 Å². The molecule has 2 aromatic rings. The zero-order chi connectivity index (χ0) is 21.0. The maximum atomic E-state index is 13.5. The third kappa shape index (κ3) is 5.30. The van der Waals surface area contributed by atoms with Crippen LogP contribution in [0, 0.1) is 0 Å². The first-order valence-electron chi connectivity index (χ1n) is 9.27. The fourth-order valence-electron chi connectivity index (χ4n) is 3.49. The van der Waals surface area contributed by atoms with E-state index in [0.29, 0.717) is 9.78 Å². The van der Waals surface area contributed by atoms with E-state index in [1.165, 1.54) is 24.3 Å². The van der Waals surface area contributed by atoms with Gasteiger partial charge >= 0.3 is 12.1 Å². The summed E-state index contributed by atoms with van der Waals surface area (Å²) in [6.45, 7) is 0. The molecule has 29 heavy (non-hydrogen) atoms. The molecule has 0 unspecified atom stereocenters. The Morgan fingerprint density at radius 1 is 1.14 bits per heavy atom. The quantitative estimate of drug-likeness (QED) is 0.663. The predicted octanol–water partition coefficient (Wildman–Crippen LogP) is 5.49. The highest BCUT2D eigenvalue weighted by molar-refractivity contribution is 7.10. The van der Waals surface area contributed by atoms with Gasteiger partial charge in [-0.15, -0.1) is 11.3 Å². The van der Waals surface area contributed by atoms with Crippen LogP contribution in [-0.4, -0.2) is 24.0 Å². The summed E-state index contributed by atoms with van der Waals surface area (Å²) in [5.74, 6) is -2.74. The lowest BCUT2D eigenvalue weighted by molar-refractivity contribution is -0.171. The largest absolute Gasteiger partial charge is 0.471 e. The van der Waals surface area contributed by atoms with Gasteiger partial charge in [0.05, 0.1) is 0 Å². The number of halogens is 4. The highest BCUT2D eigenvalue weighted by Gasteiger charge is 2.48. The first kappa shape index (κ1) is 21.6. The third-order valence-corrected chi connectivity index (χ3v) is 5.98. The topological polar surface area (TPSA) is 49.4 Å². The van der Waals surface area contributed by atoms with E-state index in [2.05, 4.69) is 5.32 Å². The smallest absolute Gasteiger partial charge is 0.351 e. The average molecular weight is 445 g/mol. The van der Waals surface area contributed by atoms with Crippen molar-refractivity contribution in [1.29, 1.82) is 0 Å². The minimum Gasteiger partial charge on any atom is -0.351 e. The Labute approximate surface area is 175 Å². The molecule has 0 bridgehead atoms. The first-order chi connectivity index (χ1) is 13.8. The lowest BCUT2D eigenvalue weighted by Gasteiger charge is -2.33. The molecule has 0 radical (unpaired) electrons. The summed E-state index contributed by atoms with van der Waals surface area (Å²) in [7, 11) is 0. The number of benzene rings is 1. The van der Waals surface area contributed by atoms with Crippen molar-refractivity contribution in [3.05, 3.63) is 51.7 Å². The molecule has 1 saturated carbocycles. The maximum absolute atomic E-state index is 13.5. The maximum Gasteiger partial charge on any atom is 0.471 e. The lowest BCUT2D eigenvalue weighted by atomic mass is 9.95. The molecule has 156 valence electrons. The zero-order valence-electron chi connectivity index (χ0n) is 15.4. The molecular weight excluding hydrogens is 425 g/mol. The number of hydrogen-bond donors (Lipinski definition) is 1. The minimum atomic E-state index is -5.15. The number of hydrogen-bond acceptors (Lipinski definition) is 3. The van der Waals surface area contributed by atoms with Gasteiger partial charge in [0, 0.05) is 21.6 Å². The lowest BCUT2D eigenvalue weighted by Crippen LogP contribution is -2.50. The van der Waals surface area contributed by atoms with Crippen molar-refractivity contribution < 1.29 is 22.8 Å². The fraction of sp³-hybridized carbons (Fsp3) is 0.400. The molecule has 1 heterocycles. The van der Waals surface area contributed by atoms with E-state index in [1.54, 1.807) is 17.5 Å². The first-order valence-corrected chi connectivity index (χ1v) is 10.5. The second kappa shape index (κ2) is 9.17. The molecule has 0 aliphatic heterocycles. The van der Waals surface area contributed by atoms with Gasteiger partial charge in [0.1, 0.15) is 0 Å². The molecule has 2 amide bonds. The number of carbonyl (C=O) groups is 2. The van der Waals surface area contributed by atoms with Crippen LogP contribution in [0.4, 0.5) is 18.9 Å². The summed E-state index contributed by atoms with van der Waals surface area (Å²) >= 11 is 7.08. The van der Waals surface area contributed by atoms with Crippen LogP contribution in [0.5, 0.6) is 0 Å². The van der Waals surface area contributed by atoms with Crippen molar-refractivity contribution in [2.24, 2.45) is 0 Å². The number of amides is 2. The number of anilines is 1. The van der Waals surface area contributed by atoms with Crippen LogP contribution < -0.4 is 10.2 Å². The number of nitrogens with one attached hydrogen (secondary N) is 1. The molecule has 0 saturated heterocycles. The number of carbonyl (C=O) groups excluding carboxylic acids is 2. The Bertz CT molecular complexity index is 852. The molecule has 1 aromatic heterocycles. The van der Waals surface area contributed by atoms with Crippen molar-refractivity contribution in [3.63, 3.8) is 0 Å². The van der Waals surface area contributed by atoms with Crippen LogP contribution in [0.3, 0.4) is 0 Å². The standard InChI is InChI=1S/C20H20ClF3N2O2S/c21-13-6-4-9-15(12-13)26(19(28)20(22,23)24)17(16-10-5-11-29-16)18(27)25-14-7-2-1-3-8-14/h4-6,9-12,14,17H,1-3,7-8H2,(H,25,27)/t17-/m1/s1. The second-order valence-corrected chi connectivity index (χ2v) is 8.33. The van der Waals surface area contributed by atoms with Gasteiger partial charge in [-0.2, -0.15) is 13.2 Å². The highest BCUT2D eigenvalue weighted by Crippen LogP contribution is 2.35. The van der Waals surface area contributed by atoms with Crippen LogP contribution in [0.25, 0.3) is 0 Å². The van der Waals surface area contributed by atoms with Crippen LogP contribution in [0.1, 0.15) is 43.0 Å². The minimum absolute atomic E-state index is 0.0861. The molecule has 0 spiro atoms. The summed E-state index contributed by atoms with van der Waals surface area (Å²) in [6.07, 6.45) is -0.631. The zero-order valence-corrected chi connectivity index (χ0v) is 17.0. The fourth-order valence-corrected chi connectivity index (χ4v) is 4.49. The number of nitrogens with zero attached hydrogens (tertiary/aromatic N) is 1. The van der Waals surface area contributed by atoms with E-state index in [1.807, 2.05) is 0 Å². The Hall–Kier alpha value is -2.06.